The van der Waals surface area contributed by atoms with E-state index in [4.69, 9.17) is 4.74 Å². The molecule has 17 heavy (non-hydrogen) atoms. The summed E-state index contributed by atoms with van der Waals surface area (Å²) in [5.41, 5.74) is 1.31. The summed E-state index contributed by atoms with van der Waals surface area (Å²) in [5, 5.41) is 0. The van der Waals surface area contributed by atoms with Gasteiger partial charge in [-0.3, -0.25) is 0 Å². The lowest BCUT2D eigenvalue weighted by molar-refractivity contribution is 0.185. The van der Waals surface area contributed by atoms with Crippen LogP contribution in [0.3, 0.4) is 0 Å². The van der Waals surface area contributed by atoms with Crippen LogP contribution in [-0.2, 0) is 0 Å². The van der Waals surface area contributed by atoms with E-state index in [1.807, 2.05) is 12.3 Å². The summed E-state index contributed by atoms with van der Waals surface area (Å²) in [5.74, 6) is 1.35. The van der Waals surface area contributed by atoms with Gasteiger partial charge in [0.2, 0.25) is 5.88 Å². The van der Waals surface area contributed by atoms with E-state index in [9.17, 15) is 0 Å². The van der Waals surface area contributed by atoms with E-state index in [1.54, 1.807) is 0 Å². The highest BCUT2D eigenvalue weighted by Crippen LogP contribution is 2.21. The van der Waals surface area contributed by atoms with Crippen LogP contribution in [0.4, 0.5) is 0 Å². The van der Waals surface area contributed by atoms with Crippen molar-refractivity contribution in [3.05, 3.63) is 23.9 Å². The highest BCUT2D eigenvalue weighted by atomic mass is 16.5. The van der Waals surface area contributed by atoms with Crippen LogP contribution in [0, 0.1) is 0 Å². The lowest BCUT2D eigenvalue weighted by atomic mass is 9.98. The van der Waals surface area contributed by atoms with Crippen molar-refractivity contribution in [2.24, 2.45) is 0 Å². The van der Waals surface area contributed by atoms with Gasteiger partial charge in [-0.1, -0.05) is 40.2 Å². The van der Waals surface area contributed by atoms with Crippen LogP contribution in [0.1, 0.15) is 64.9 Å². The smallest absolute Gasteiger partial charge is 0.213 e. The first kappa shape index (κ1) is 14.0. The van der Waals surface area contributed by atoms with Crippen LogP contribution in [0.2, 0.25) is 0 Å². The second kappa shape index (κ2) is 7.31. The van der Waals surface area contributed by atoms with Gasteiger partial charge in [0, 0.05) is 12.3 Å². The van der Waals surface area contributed by atoms with Crippen molar-refractivity contribution < 1.29 is 4.74 Å². The molecule has 1 aromatic heterocycles. The Morgan fingerprint density at radius 1 is 1.18 bits per heavy atom. The molecule has 0 saturated heterocycles. The fourth-order valence-corrected chi connectivity index (χ4v) is 1.98. The molecule has 96 valence electrons. The molecule has 0 aliphatic carbocycles. The van der Waals surface area contributed by atoms with Crippen molar-refractivity contribution in [1.29, 1.82) is 0 Å². The molecule has 1 heterocycles. The second-order valence-corrected chi connectivity index (χ2v) is 4.68. The summed E-state index contributed by atoms with van der Waals surface area (Å²) in [4.78, 5) is 4.40. The number of nitrogens with zero attached hydrogens (tertiary/aromatic N) is 1. The summed E-state index contributed by atoms with van der Waals surface area (Å²) in [7, 11) is 0. The first-order valence-corrected chi connectivity index (χ1v) is 6.83. The Bertz CT molecular complexity index is 303. The average Bonchev–Trinajstić information content (AvgIpc) is 2.37. The monoisotopic (exact) mass is 235 g/mol. The minimum absolute atomic E-state index is 0.293. The zero-order chi connectivity index (χ0) is 12.7. The molecule has 0 saturated carbocycles. The molecule has 1 aromatic rings. The third-order valence-corrected chi connectivity index (χ3v) is 3.25. The van der Waals surface area contributed by atoms with E-state index < -0.39 is 0 Å². The number of hydrogen-bond donors (Lipinski definition) is 0. The summed E-state index contributed by atoms with van der Waals surface area (Å²) >= 11 is 0. The number of hydrogen-bond acceptors (Lipinski definition) is 2. The standard InChI is InChI=1S/C15H25NO/c1-5-8-12(4)13-9-10-15(16-11-13)17-14(6-2)7-3/h9-12,14H,5-8H2,1-4H3. The first-order valence-electron chi connectivity index (χ1n) is 6.83. The Kier molecular flexibility index (Phi) is 6.03. The predicted octanol–water partition coefficient (Wildman–Crippen LogP) is 4.55. The molecule has 2 heteroatoms. The Labute approximate surface area is 105 Å². The van der Waals surface area contributed by atoms with Crippen molar-refractivity contribution in [1.82, 2.24) is 4.98 Å². The van der Waals surface area contributed by atoms with E-state index in [0.717, 1.165) is 18.7 Å². The van der Waals surface area contributed by atoms with Crippen molar-refractivity contribution in [3.8, 4) is 5.88 Å². The minimum atomic E-state index is 0.293. The van der Waals surface area contributed by atoms with Crippen molar-refractivity contribution in [2.75, 3.05) is 0 Å². The summed E-state index contributed by atoms with van der Waals surface area (Å²) < 4.78 is 5.80. The van der Waals surface area contributed by atoms with Crippen LogP contribution < -0.4 is 4.74 Å². The predicted molar refractivity (Wildman–Crippen MR) is 72.6 cm³/mol. The number of rotatable bonds is 7. The normalized spacial score (nSPS) is 12.8. The Morgan fingerprint density at radius 3 is 2.35 bits per heavy atom. The fourth-order valence-electron chi connectivity index (χ4n) is 1.98. The molecule has 1 unspecified atom stereocenters. The van der Waals surface area contributed by atoms with Gasteiger partial charge in [-0.2, -0.15) is 0 Å². The van der Waals surface area contributed by atoms with Gasteiger partial charge in [0.1, 0.15) is 0 Å². The zero-order valence-corrected chi connectivity index (χ0v) is 11.6. The molecule has 2 nitrogen and oxygen atoms in total. The van der Waals surface area contributed by atoms with Gasteiger partial charge in [-0.25, -0.2) is 4.98 Å². The molecule has 0 spiro atoms. The average molecular weight is 235 g/mol. The van der Waals surface area contributed by atoms with Gasteiger partial charge < -0.3 is 4.74 Å². The third kappa shape index (κ3) is 4.37. The van der Waals surface area contributed by atoms with Gasteiger partial charge in [0.15, 0.2) is 0 Å². The van der Waals surface area contributed by atoms with E-state index in [0.29, 0.717) is 12.0 Å². The number of ether oxygens (including phenoxy) is 1. The molecule has 0 amide bonds. The molecule has 0 aliphatic rings. The molecule has 0 bridgehead atoms. The quantitative estimate of drug-likeness (QED) is 0.691. The van der Waals surface area contributed by atoms with Crippen LogP contribution in [0.15, 0.2) is 18.3 Å². The van der Waals surface area contributed by atoms with Gasteiger partial charge >= 0.3 is 0 Å². The minimum Gasteiger partial charge on any atom is -0.474 e. The van der Waals surface area contributed by atoms with E-state index >= 15 is 0 Å². The summed E-state index contributed by atoms with van der Waals surface area (Å²) in [6, 6.07) is 4.14. The molecule has 0 aromatic carbocycles. The SMILES string of the molecule is CCCC(C)c1ccc(OC(CC)CC)nc1. The second-order valence-electron chi connectivity index (χ2n) is 4.68. The van der Waals surface area contributed by atoms with E-state index in [1.165, 1.54) is 18.4 Å². The molecule has 0 N–H and O–H groups in total. The Hall–Kier alpha value is -1.05. The zero-order valence-electron chi connectivity index (χ0n) is 11.6. The van der Waals surface area contributed by atoms with Crippen molar-refractivity contribution >= 4 is 0 Å². The van der Waals surface area contributed by atoms with Crippen LogP contribution in [0.25, 0.3) is 0 Å². The molecular formula is C15H25NO. The molecule has 1 atom stereocenters. The first-order chi connectivity index (χ1) is 8.21. The maximum absolute atomic E-state index is 5.80. The van der Waals surface area contributed by atoms with Gasteiger partial charge in [0.05, 0.1) is 6.10 Å². The van der Waals surface area contributed by atoms with Crippen molar-refractivity contribution in [2.45, 2.75) is 65.4 Å². The Morgan fingerprint density at radius 2 is 1.88 bits per heavy atom. The van der Waals surface area contributed by atoms with Crippen LogP contribution in [-0.4, -0.2) is 11.1 Å². The molecule has 0 fully saturated rings. The largest absolute Gasteiger partial charge is 0.474 e. The maximum Gasteiger partial charge on any atom is 0.213 e. The molecule has 0 aliphatic heterocycles. The third-order valence-electron chi connectivity index (χ3n) is 3.25. The van der Waals surface area contributed by atoms with Gasteiger partial charge in [0.25, 0.3) is 0 Å². The molecule has 1 rings (SSSR count). The van der Waals surface area contributed by atoms with E-state index in [-0.39, 0.29) is 0 Å². The maximum atomic E-state index is 5.80. The van der Waals surface area contributed by atoms with Crippen LogP contribution in [0.5, 0.6) is 5.88 Å². The Balaban J connectivity index is 2.61. The molecular weight excluding hydrogens is 210 g/mol. The van der Waals surface area contributed by atoms with E-state index in [2.05, 4.69) is 38.7 Å². The lowest BCUT2D eigenvalue weighted by Gasteiger charge is -2.15. The topological polar surface area (TPSA) is 22.1 Å². The van der Waals surface area contributed by atoms with Gasteiger partial charge in [-0.15, -0.1) is 0 Å². The number of aromatic nitrogens is 1. The van der Waals surface area contributed by atoms with Crippen LogP contribution >= 0.6 is 0 Å². The summed E-state index contributed by atoms with van der Waals surface area (Å²) in [6.07, 6.45) is 6.75. The highest BCUT2D eigenvalue weighted by Gasteiger charge is 2.08. The fraction of sp³-hybridized carbons (Fsp3) is 0.667. The molecule has 0 radical (unpaired) electrons. The van der Waals surface area contributed by atoms with Crippen molar-refractivity contribution in [3.63, 3.8) is 0 Å². The summed E-state index contributed by atoms with van der Waals surface area (Å²) in [6.45, 7) is 8.76. The number of pyridine rings is 1. The lowest BCUT2D eigenvalue weighted by Crippen LogP contribution is -2.14. The van der Waals surface area contributed by atoms with Gasteiger partial charge in [-0.05, 0) is 30.7 Å². The highest BCUT2D eigenvalue weighted by molar-refractivity contribution is 5.20.